The van der Waals surface area contributed by atoms with Gasteiger partial charge in [0.25, 0.3) is 0 Å². The van der Waals surface area contributed by atoms with Crippen LogP contribution in [0.4, 0.5) is 0 Å². The minimum Gasteiger partial charge on any atom is -0.497 e. The first-order valence-corrected chi connectivity index (χ1v) is 6.94. The fourth-order valence-electron chi connectivity index (χ4n) is 2.53. The summed E-state index contributed by atoms with van der Waals surface area (Å²) in [6.07, 6.45) is 1.51. The topological polar surface area (TPSA) is 57.8 Å². The molecule has 1 aliphatic rings. The average Bonchev–Trinajstić information content (AvgIpc) is 3.01. The summed E-state index contributed by atoms with van der Waals surface area (Å²) in [4.78, 5) is 8.47. The minimum atomic E-state index is 0.312. The lowest BCUT2D eigenvalue weighted by atomic mass is 10.1. The summed E-state index contributed by atoms with van der Waals surface area (Å²) in [6.45, 7) is 0.449. The van der Waals surface area contributed by atoms with E-state index < -0.39 is 0 Å². The Morgan fingerprint density at radius 1 is 1.29 bits per heavy atom. The van der Waals surface area contributed by atoms with Crippen molar-refractivity contribution in [3.05, 3.63) is 40.7 Å². The van der Waals surface area contributed by atoms with E-state index >= 15 is 0 Å². The van der Waals surface area contributed by atoms with Crippen molar-refractivity contribution in [2.75, 3.05) is 7.11 Å². The van der Waals surface area contributed by atoms with E-state index in [4.69, 9.17) is 27.9 Å². The zero-order valence-electron chi connectivity index (χ0n) is 10.9. The van der Waals surface area contributed by atoms with Gasteiger partial charge in [0.15, 0.2) is 11.0 Å². The average molecular weight is 322 g/mol. The number of benzene rings is 1. The van der Waals surface area contributed by atoms with E-state index in [1.807, 2.05) is 22.8 Å². The molecule has 2 aromatic heterocycles. The fourth-order valence-corrected chi connectivity index (χ4v) is 3.07. The zero-order valence-corrected chi connectivity index (χ0v) is 12.4. The third-order valence-electron chi connectivity index (χ3n) is 3.48. The van der Waals surface area contributed by atoms with Crippen molar-refractivity contribution in [2.45, 2.75) is 6.54 Å². The Kier molecular flexibility index (Phi) is 2.70. The van der Waals surface area contributed by atoms with Crippen molar-refractivity contribution in [1.82, 2.24) is 24.3 Å². The molecule has 3 aromatic rings. The molecule has 1 aromatic carbocycles. The second kappa shape index (κ2) is 4.47. The number of rotatable bonds is 1. The lowest BCUT2D eigenvalue weighted by molar-refractivity contribution is 0.415. The van der Waals surface area contributed by atoms with Crippen LogP contribution in [0.3, 0.4) is 0 Å². The molecular formula is C13H9Cl2N5O. The highest BCUT2D eigenvalue weighted by atomic mass is 35.5. The molecule has 8 heteroatoms. The number of hydrogen-bond acceptors (Lipinski definition) is 4. The number of imidazole rings is 1. The Morgan fingerprint density at radius 2 is 2.14 bits per heavy atom. The van der Waals surface area contributed by atoms with Crippen LogP contribution in [0.15, 0.2) is 24.5 Å². The predicted molar refractivity (Wildman–Crippen MR) is 78.3 cm³/mol. The zero-order chi connectivity index (χ0) is 14.6. The quantitative estimate of drug-likeness (QED) is 0.541. The second-order valence-electron chi connectivity index (χ2n) is 4.58. The molecule has 0 aliphatic carbocycles. The van der Waals surface area contributed by atoms with Crippen LogP contribution in [0.1, 0.15) is 5.69 Å². The summed E-state index contributed by atoms with van der Waals surface area (Å²) in [7, 11) is 1.62. The molecule has 0 radical (unpaired) electrons. The third-order valence-corrected chi connectivity index (χ3v) is 4.04. The lowest BCUT2D eigenvalue weighted by Crippen LogP contribution is -2.04. The SMILES string of the molecule is COc1ccc2c(c1)-c1ncnn1Cc1c(Cl)nc(Cl)n1-2. The fraction of sp³-hybridized carbons (Fsp3) is 0.154. The Bertz CT molecular complexity index is 854. The number of ether oxygens (including phenoxy) is 1. The van der Waals surface area contributed by atoms with Crippen molar-refractivity contribution in [3.63, 3.8) is 0 Å². The second-order valence-corrected chi connectivity index (χ2v) is 5.27. The van der Waals surface area contributed by atoms with Gasteiger partial charge in [-0.1, -0.05) is 11.6 Å². The molecule has 21 heavy (non-hydrogen) atoms. The molecule has 0 fully saturated rings. The first kappa shape index (κ1) is 12.7. The number of nitrogens with zero attached hydrogens (tertiary/aromatic N) is 5. The van der Waals surface area contributed by atoms with Gasteiger partial charge < -0.3 is 4.74 Å². The largest absolute Gasteiger partial charge is 0.497 e. The van der Waals surface area contributed by atoms with E-state index in [9.17, 15) is 0 Å². The molecule has 0 N–H and O–H groups in total. The highest BCUT2D eigenvalue weighted by Gasteiger charge is 2.26. The highest BCUT2D eigenvalue weighted by Crippen LogP contribution is 2.36. The van der Waals surface area contributed by atoms with E-state index in [2.05, 4.69) is 15.1 Å². The summed E-state index contributed by atoms with van der Waals surface area (Å²) in [6, 6.07) is 5.67. The van der Waals surface area contributed by atoms with E-state index in [1.165, 1.54) is 6.33 Å². The molecule has 0 atom stereocenters. The van der Waals surface area contributed by atoms with E-state index in [0.717, 1.165) is 28.5 Å². The van der Waals surface area contributed by atoms with E-state index in [0.29, 0.717) is 17.0 Å². The maximum atomic E-state index is 6.23. The van der Waals surface area contributed by atoms with Crippen LogP contribution in [0.2, 0.25) is 10.4 Å². The molecule has 0 unspecified atom stereocenters. The molecule has 0 bridgehead atoms. The van der Waals surface area contributed by atoms with Crippen LogP contribution >= 0.6 is 23.2 Å². The molecule has 6 nitrogen and oxygen atoms in total. The summed E-state index contributed by atoms with van der Waals surface area (Å²) in [5, 5.41) is 4.92. The third kappa shape index (κ3) is 1.76. The number of methoxy groups -OCH3 is 1. The van der Waals surface area contributed by atoms with Gasteiger partial charge in [-0.3, -0.25) is 4.57 Å². The Balaban J connectivity index is 2.11. The van der Waals surface area contributed by atoms with Gasteiger partial charge in [-0.05, 0) is 29.8 Å². The number of fused-ring (bicyclic) bond motifs is 5. The molecule has 0 amide bonds. The Morgan fingerprint density at radius 3 is 2.95 bits per heavy atom. The van der Waals surface area contributed by atoms with Crippen molar-refractivity contribution in [3.8, 4) is 22.8 Å². The highest BCUT2D eigenvalue weighted by molar-refractivity contribution is 6.33. The summed E-state index contributed by atoms with van der Waals surface area (Å²) < 4.78 is 8.87. The number of hydrogen-bond donors (Lipinski definition) is 0. The van der Waals surface area contributed by atoms with Gasteiger partial charge in [0.1, 0.15) is 12.1 Å². The van der Waals surface area contributed by atoms with Crippen molar-refractivity contribution in [1.29, 1.82) is 0 Å². The standard InChI is InChI=1S/C13H9Cl2N5O/c1-21-7-2-3-9-8(4-7)12-16-6-17-19(12)5-10-11(14)18-13(15)20(9)10/h2-4,6H,5H2,1H3. The van der Waals surface area contributed by atoms with Gasteiger partial charge in [0.05, 0.1) is 25.0 Å². The molecule has 1 aliphatic heterocycles. The van der Waals surface area contributed by atoms with Gasteiger partial charge in [-0.25, -0.2) is 14.6 Å². The molecular weight excluding hydrogens is 313 g/mol. The molecule has 0 saturated heterocycles. The van der Waals surface area contributed by atoms with E-state index in [1.54, 1.807) is 11.8 Å². The molecule has 0 spiro atoms. The Hall–Kier alpha value is -2.05. The number of aromatic nitrogens is 5. The smallest absolute Gasteiger partial charge is 0.209 e. The van der Waals surface area contributed by atoms with Gasteiger partial charge in [0, 0.05) is 5.56 Å². The van der Waals surface area contributed by atoms with Gasteiger partial charge in [0.2, 0.25) is 5.28 Å². The van der Waals surface area contributed by atoms with Gasteiger partial charge in [-0.2, -0.15) is 5.10 Å². The van der Waals surface area contributed by atoms with Crippen LogP contribution < -0.4 is 4.74 Å². The van der Waals surface area contributed by atoms with Crippen LogP contribution in [0.5, 0.6) is 5.75 Å². The minimum absolute atomic E-state index is 0.312. The lowest BCUT2D eigenvalue weighted by Gasteiger charge is -2.10. The summed E-state index contributed by atoms with van der Waals surface area (Å²) >= 11 is 12.4. The van der Waals surface area contributed by atoms with Crippen molar-refractivity contribution >= 4 is 23.2 Å². The number of halogens is 2. The van der Waals surface area contributed by atoms with Crippen molar-refractivity contribution < 1.29 is 4.74 Å². The van der Waals surface area contributed by atoms with Gasteiger partial charge in [-0.15, -0.1) is 0 Å². The maximum absolute atomic E-state index is 6.23. The van der Waals surface area contributed by atoms with Crippen LogP contribution in [-0.2, 0) is 6.54 Å². The normalized spacial score (nSPS) is 12.3. The maximum Gasteiger partial charge on any atom is 0.209 e. The first-order chi connectivity index (χ1) is 10.2. The predicted octanol–water partition coefficient (Wildman–Crippen LogP) is 2.81. The van der Waals surface area contributed by atoms with Crippen LogP contribution in [0.25, 0.3) is 17.1 Å². The molecule has 106 valence electrons. The van der Waals surface area contributed by atoms with Crippen molar-refractivity contribution in [2.24, 2.45) is 0 Å². The van der Waals surface area contributed by atoms with E-state index in [-0.39, 0.29) is 0 Å². The summed E-state index contributed by atoms with van der Waals surface area (Å²) in [5.41, 5.74) is 2.49. The molecule has 4 rings (SSSR count). The summed E-state index contributed by atoms with van der Waals surface area (Å²) in [5.74, 6) is 1.47. The van der Waals surface area contributed by atoms with Crippen LogP contribution in [0, 0.1) is 0 Å². The molecule has 3 heterocycles. The first-order valence-electron chi connectivity index (χ1n) is 6.18. The van der Waals surface area contributed by atoms with Gasteiger partial charge >= 0.3 is 0 Å². The Labute approximate surface area is 129 Å². The molecule has 0 saturated carbocycles. The van der Waals surface area contributed by atoms with Crippen LogP contribution in [-0.4, -0.2) is 31.4 Å². The monoisotopic (exact) mass is 321 g/mol.